The zero-order valence-corrected chi connectivity index (χ0v) is 19.2. The summed E-state index contributed by atoms with van der Waals surface area (Å²) in [5, 5.41) is 2.84. The predicted octanol–water partition coefficient (Wildman–Crippen LogP) is 5.76. The summed E-state index contributed by atoms with van der Waals surface area (Å²) in [5.41, 5.74) is 0.928. The number of carbonyl (C=O) groups is 3. The van der Waals surface area contributed by atoms with Gasteiger partial charge in [0.15, 0.2) is 0 Å². The topological polar surface area (TPSA) is 75.7 Å². The van der Waals surface area contributed by atoms with Crippen LogP contribution in [0, 0.1) is 0 Å². The monoisotopic (exact) mass is 530 g/mol. The molecule has 0 saturated carbocycles. The first-order valence-electron chi connectivity index (χ1n) is 9.23. The van der Waals surface area contributed by atoms with E-state index in [9.17, 15) is 14.4 Å². The summed E-state index contributed by atoms with van der Waals surface area (Å²) >= 11 is 15.6. The van der Waals surface area contributed by atoms with E-state index in [0.29, 0.717) is 17.0 Å². The van der Waals surface area contributed by atoms with Crippen LogP contribution in [0.5, 0.6) is 5.75 Å². The van der Waals surface area contributed by atoms with Crippen LogP contribution >= 0.6 is 39.1 Å². The van der Waals surface area contributed by atoms with Gasteiger partial charge in [-0.1, -0.05) is 51.3 Å². The molecule has 9 heteroatoms. The normalized spacial score (nSPS) is 13.5. The highest BCUT2D eigenvalue weighted by Gasteiger charge is 2.39. The third kappa shape index (κ3) is 4.41. The van der Waals surface area contributed by atoms with Gasteiger partial charge in [0.2, 0.25) is 0 Å². The molecule has 3 aromatic carbocycles. The molecule has 2 amide bonds. The fourth-order valence-electron chi connectivity index (χ4n) is 2.97. The van der Waals surface area contributed by atoms with E-state index in [1.807, 2.05) is 0 Å². The number of amides is 2. The van der Waals surface area contributed by atoms with E-state index < -0.39 is 17.8 Å². The summed E-state index contributed by atoms with van der Waals surface area (Å²) in [7, 11) is 0. The molecule has 0 aliphatic carbocycles. The molecule has 1 aliphatic heterocycles. The number of carbonyl (C=O) groups excluding carboxylic acids is 3. The molecular weight excluding hydrogens is 519 g/mol. The Kier molecular flexibility index (Phi) is 6.32. The number of anilines is 2. The summed E-state index contributed by atoms with van der Waals surface area (Å²) in [6.45, 7) is 0. The molecule has 6 nitrogen and oxygen atoms in total. The Labute approximate surface area is 201 Å². The van der Waals surface area contributed by atoms with Crippen molar-refractivity contribution in [1.29, 1.82) is 0 Å². The largest absolute Gasteiger partial charge is 0.423 e. The van der Waals surface area contributed by atoms with Gasteiger partial charge in [0, 0.05) is 10.2 Å². The minimum atomic E-state index is -0.679. The first-order valence-corrected chi connectivity index (χ1v) is 10.8. The van der Waals surface area contributed by atoms with Gasteiger partial charge in [-0.05, 0) is 60.7 Å². The van der Waals surface area contributed by atoms with Crippen molar-refractivity contribution in [2.75, 3.05) is 10.2 Å². The van der Waals surface area contributed by atoms with Crippen molar-refractivity contribution in [2.45, 2.75) is 0 Å². The molecule has 1 N–H and O–H groups in total. The van der Waals surface area contributed by atoms with Gasteiger partial charge in [-0.3, -0.25) is 9.59 Å². The fraction of sp³-hybridized carbons (Fsp3) is 0. The Morgan fingerprint density at radius 2 is 1.53 bits per heavy atom. The molecule has 160 valence electrons. The maximum Gasteiger partial charge on any atom is 0.343 e. The maximum atomic E-state index is 12.8. The number of benzene rings is 3. The molecule has 1 aliphatic rings. The Balaban J connectivity index is 1.49. The van der Waals surface area contributed by atoms with Crippen molar-refractivity contribution in [3.63, 3.8) is 0 Å². The van der Waals surface area contributed by atoms with E-state index in [2.05, 4.69) is 21.2 Å². The van der Waals surface area contributed by atoms with Gasteiger partial charge >= 0.3 is 5.97 Å². The molecule has 0 saturated heterocycles. The molecular formula is C23H13BrCl2N2O4. The Bertz CT molecular complexity index is 1260. The Hall–Kier alpha value is -3.13. The number of hydrogen-bond acceptors (Lipinski definition) is 5. The minimum absolute atomic E-state index is 0.0817. The lowest BCUT2D eigenvalue weighted by atomic mass is 10.2. The van der Waals surface area contributed by atoms with Crippen molar-refractivity contribution < 1.29 is 19.1 Å². The molecule has 32 heavy (non-hydrogen) atoms. The average Bonchev–Trinajstić information content (AvgIpc) is 2.99. The number of halogens is 3. The van der Waals surface area contributed by atoms with E-state index in [-0.39, 0.29) is 21.4 Å². The zero-order chi connectivity index (χ0) is 22.8. The molecule has 3 aromatic rings. The van der Waals surface area contributed by atoms with Crippen LogP contribution in [0.15, 0.2) is 88.0 Å². The molecule has 0 aromatic heterocycles. The molecule has 0 radical (unpaired) electrons. The van der Waals surface area contributed by atoms with Crippen LogP contribution in [0.25, 0.3) is 0 Å². The van der Waals surface area contributed by atoms with Gasteiger partial charge in [0.05, 0.1) is 16.3 Å². The third-order valence-corrected chi connectivity index (χ3v) is 5.73. The van der Waals surface area contributed by atoms with Crippen molar-refractivity contribution in [1.82, 2.24) is 0 Å². The lowest BCUT2D eigenvalue weighted by molar-refractivity contribution is -0.120. The van der Waals surface area contributed by atoms with Crippen molar-refractivity contribution in [3.05, 3.63) is 98.6 Å². The number of para-hydroxylation sites is 1. The van der Waals surface area contributed by atoms with Crippen LogP contribution in [0.1, 0.15) is 10.4 Å². The molecule has 0 fully saturated rings. The first-order chi connectivity index (χ1) is 15.3. The zero-order valence-electron chi connectivity index (χ0n) is 16.1. The van der Waals surface area contributed by atoms with E-state index in [1.165, 1.54) is 12.1 Å². The minimum Gasteiger partial charge on any atom is -0.423 e. The summed E-state index contributed by atoms with van der Waals surface area (Å²) < 4.78 is 6.19. The molecule has 0 spiro atoms. The van der Waals surface area contributed by atoms with E-state index in [4.69, 9.17) is 27.9 Å². The molecule has 4 rings (SSSR count). The molecule has 0 atom stereocenters. The number of rotatable bonds is 5. The summed E-state index contributed by atoms with van der Waals surface area (Å²) in [6.07, 6.45) is 0. The summed E-state index contributed by atoms with van der Waals surface area (Å²) in [4.78, 5) is 38.7. The van der Waals surface area contributed by atoms with Crippen molar-refractivity contribution in [2.24, 2.45) is 0 Å². The maximum absolute atomic E-state index is 12.8. The lowest BCUT2D eigenvalue weighted by Crippen LogP contribution is -2.32. The number of nitrogens with one attached hydrogen (secondary N) is 1. The van der Waals surface area contributed by atoms with Crippen LogP contribution in [0.4, 0.5) is 11.4 Å². The van der Waals surface area contributed by atoms with Crippen LogP contribution < -0.4 is 15.0 Å². The predicted molar refractivity (Wildman–Crippen MR) is 126 cm³/mol. The number of hydrogen-bond donors (Lipinski definition) is 1. The SMILES string of the molecule is O=C(Oc1ccc(Br)cc1)c1ccc(NC2=C(Cl)C(=O)N(c3ccccc3Cl)C2=O)cc1. The van der Waals surface area contributed by atoms with Gasteiger partial charge in [-0.25, -0.2) is 9.69 Å². The second-order valence-corrected chi connectivity index (χ2v) is 8.33. The summed E-state index contributed by atoms with van der Waals surface area (Å²) in [6, 6.07) is 19.5. The number of imide groups is 1. The summed E-state index contributed by atoms with van der Waals surface area (Å²) in [5.74, 6) is -1.44. The van der Waals surface area contributed by atoms with E-state index >= 15 is 0 Å². The second kappa shape index (κ2) is 9.16. The molecule has 1 heterocycles. The van der Waals surface area contributed by atoms with Gasteiger partial charge in [0.25, 0.3) is 11.8 Å². The van der Waals surface area contributed by atoms with Gasteiger partial charge < -0.3 is 10.1 Å². The molecule has 0 bridgehead atoms. The van der Waals surface area contributed by atoms with Gasteiger partial charge in [0.1, 0.15) is 16.5 Å². The molecule has 0 unspecified atom stereocenters. The number of esters is 1. The van der Waals surface area contributed by atoms with Crippen LogP contribution in [-0.2, 0) is 9.59 Å². The van der Waals surface area contributed by atoms with Crippen molar-refractivity contribution >= 4 is 68.3 Å². The average molecular weight is 532 g/mol. The smallest absolute Gasteiger partial charge is 0.343 e. The fourth-order valence-corrected chi connectivity index (χ4v) is 3.66. The third-order valence-electron chi connectivity index (χ3n) is 4.53. The van der Waals surface area contributed by atoms with E-state index in [1.54, 1.807) is 60.7 Å². The Morgan fingerprint density at radius 3 is 2.19 bits per heavy atom. The van der Waals surface area contributed by atoms with Crippen molar-refractivity contribution in [3.8, 4) is 5.75 Å². The highest BCUT2D eigenvalue weighted by molar-refractivity contribution is 9.10. The van der Waals surface area contributed by atoms with Crippen LogP contribution in [0.2, 0.25) is 5.02 Å². The van der Waals surface area contributed by atoms with Crippen LogP contribution in [0.3, 0.4) is 0 Å². The van der Waals surface area contributed by atoms with Gasteiger partial charge in [-0.2, -0.15) is 0 Å². The van der Waals surface area contributed by atoms with Gasteiger partial charge in [-0.15, -0.1) is 0 Å². The highest BCUT2D eigenvalue weighted by atomic mass is 79.9. The number of ether oxygens (including phenoxy) is 1. The number of nitrogens with zero attached hydrogens (tertiary/aromatic N) is 1. The second-order valence-electron chi connectivity index (χ2n) is 6.63. The van der Waals surface area contributed by atoms with Crippen LogP contribution in [-0.4, -0.2) is 17.8 Å². The van der Waals surface area contributed by atoms with E-state index in [0.717, 1.165) is 9.37 Å². The Morgan fingerprint density at radius 1 is 0.875 bits per heavy atom. The quantitative estimate of drug-likeness (QED) is 0.257. The standard InChI is InChI=1S/C23H13BrCl2N2O4/c24-14-7-11-16(12-8-14)32-23(31)13-5-9-15(10-6-13)27-20-19(26)21(29)28(22(20)30)18-4-2-1-3-17(18)25/h1-12,27H. The first kappa shape index (κ1) is 22.1. The highest BCUT2D eigenvalue weighted by Crippen LogP contribution is 2.34. The lowest BCUT2D eigenvalue weighted by Gasteiger charge is -2.16.